The third-order valence-corrected chi connectivity index (χ3v) is 6.32. The molecule has 39 heavy (non-hydrogen) atoms. The van der Waals surface area contributed by atoms with Crippen molar-refractivity contribution in [3.05, 3.63) is 53.6 Å². The summed E-state index contributed by atoms with van der Waals surface area (Å²) < 4.78 is 39.5. The van der Waals surface area contributed by atoms with Crippen LogP contribution in [0.5, 0.6) is 5.75 Å². The number of nitrogens with one attached hydrogen (secondary N) is 3. The van der Waals surface area contributed by atoms with Crippen LogP contribution in [0.15, 0.2) is 40.9 Å². The van der Waals surface area contributed by atoms with Crippen molar-refractivity contribution in [2.45, 2.75) is 19.4 Å². The molecule has 15 heteroatoms. The SMILES string of the molecule is CCC(O)CNC(=O)Nc1nc(N)c(-c2nc(-c3cc(NC(=O)c4cccc(OC)c4)c(F)cc3F)no2)s1. The van der Waals surface area contributed by atoms with Crippen molar-refractivity contribution >= 4 is 39.9 Å². The van der Waals surface area contributed by atoms with E-state index in [0.29, 0.717) is 18.2 Å². The standard InChI is InChI=1S/C24H23F2N7O5S/c1-3-12(34)10-28-23(36)32-24-30-19(27)18(39-24)22-31-20(33-38-22)14-8-17(16(26)9-15(14)25)29-21(35)11-5-4-6-13(7-11)37-2/h4-9,12,34H,3,10,27H2,1-2H3,(H,29,35)(H2,28,30,32,36). The number of ether oxygens (including phenoxy) is 1. The number of nitrogen functional groups attached to an aromatic ring is 1. The van der Waals surface area contributed by atoms with Crippen molar-refractivity contribution in [1.29, 1.82) is 0 Å². The van der Waals surface area contributed by atoms with Crippen molar-refractivity contribution in [2.75, 3.05) is 30.0 Å². The van der Waals surface area contributed by atoms with E-state index in [1.807, 2.05) is 0 Å². The Balaban J connectivity index is 1.53. The number of nitrogens with zero attached hydrogens (tertiary/aromatic N) is 3. The average Bonchev–Trinajstić information content (AvgIpc) is 3.55. The summed E-state index contributed by atoms with van der Waals surface area (Å²) in [5.74, 6) is -2.63. The fourth-order valence-electron chi connectivity index (χ4n) is 3.23. The van der Waals surface area contributed by atoms with E-state index >= 15 is 0 Å². The number of halogens is 2. The second kappa shape index (κ2) is 11.8. The number of thiazole rings is 1. The van der Waals surface area contributed by atoms with Crippen LogP contribution >= 0.6 is 11.3 Å². The Morgan fingerprint density at radius 3 is 2.72 bits per heavy atom. The van der Waals surface area contributed by atoms with Gasteiger partial charge in [0.2, 0.25) is 5.82 Å². The highest BCUT2D eigenvalue weighted by Gasteiger charge is 2.22. The number of amides is 3. The predicted octanol–water partition coefficient (Wildman–Crippen LogP) is 3.87. The highest BCUT2D eigenvalue weighted by Crippen LogP contribution is 2.35. The van der Waals surface area contributed by atoms with Crippen LogP contribution in [-0.4, -0.2) is 51.9 Å². The molecule has 0 aliphatic heterocycles. The molecule has 0 bridgehead atoms. The first-order valence-electron chi connectivity index (χ1n) is 11.5. The first kappa shape index (κ1) is 27.4. The molecule has 1 unspecified atom stereocenters. The number of aliphatic hydroxyl groups is 1. The zero-order valence-electron chi connectivity index (χ0n) is 20.6. The molecule has 0 aliphatic carbocycles. The summed E-state index contributed by atoms with van der Waals surface area (Å²) in [5, 5.41) is 20.8. The van der Waals surface area contributed by atoms with Gasteiger partial charge >= 0.3 is 6.03 Å². The lowest BCUT2D eigenvalue weighted by molar-refractivity contribution is 0.102. The monoisotopic (exact) mass is 559 g/mol. The summed E-state index contributed by atoms with van der Waals surface area (Å²) in [4.78, 5) is 33.0. The maximum Gasteiger partial charge on any atom is 0.321 e. The van der Waals surface area contributed by atoms with Crippen LogP contribution in [0.25, 0.3) is 22.2 Å². The summed E-state index contributed by atoms with van der Waals surface area (Å²) in [7, 11) is 1.44. The molecule has 0 spiro atoms. The van der Waals surface area contributed by atoms with E-state index in [-0.39, 0.29) is 50.9 Å². The molecule has 0 saturated heterocycles. The van der Waals surface area contributed by atoms with E-state index in [0.717, 1.165) is 17.4 Å². The number of nitrogens with two attached hydrogens (primary N) is 1. The Bertz CT molecular complexity index is 1510. The smallest absolute Gasteiger partial charge is 0.321 e. The molecule has 4 aromatic rings. The number of aromatic nitrogens is 3. The molecule has 2 aromatic carbocycles. The lowest BCUT2D eigenvalue weighted by atomic mass is 10.1. The average molecular weight is 560 g/mol. The van der Waals surface area contributed by atoms with E-state index in [1.54, 1.807) is 19.1 Å². The summed E-state index contributed by atoms with van der Waals surface area (Å²) in [5.41, 5.74) is 5.56. The van der Waals surface area contributed by atoms with E-state index in [1.165, 1.54) is 19.2 Å². The van der Waals surface area contributed by atoms with E-state index in [2.05, 4.69) is 31.1 Å². The van der Waals surface area contributed by atoms with E-state index in [4.69, 9.17) is 15.0 Å². The van der Waals surface area contributed by atoms with Gasteiger partial charge in [-0.2, -0.15) is 4.98 Å². The number of hydrogen-bond donors (Lipinski definition) is 5. The van der Waals surface area contributed by atoms with Gasteiger partial charge in [-0.25, -0.2) is 18.6 Å². The van der Waals surface area contributed by atoms with E-state index in [9.17, 15) is 23.5 Å². The fraction of sp³-hybridized carbons (Fsp3) is 0.208. The topological polar surface area (TPSA) is 178 Å². The van der Waals surface area contributed by atoms with Gasteiger partial charge in [0.05, 0.1) is 24.5 Å². The quantitative estimate of drug-likeness (QED) is 0.204. The zero-order valence-corrected chi connectivity index (χ0v) is 21.4. The Morgan fingerprint density at radius 1 is 1.18 bits per heavy atom. The van der Waals surface area contributed by atoms with Crippen LogP contribution < -0.4 is 26.4 Å². The predicted molar refractivity (Wildman–Crippen MR) is 139 cm³/mol. The number of urea groups is 1. The van der Waals surface area contributed by atoms with Gasteiger partial charge in [0.25, 0.3) is 11.8 Å². The third-order valence-electron chi connectivity index (χ3n) is 5.34. The number of aliphatic hydroxyl groups excluding tert-OH is 1. The van der Waals surface area contributed by atoms with Crippen molar-refractivity contribution < 1.29 is 32.7 Å². The second-order valence-corrected chi connectivity index (χ2v) is 9.05. The minimum absolute atomic E-state index is 0.0371. The lowest BCUT2D eigenvalue weighted by Crippen LogP contribution is -2.34. The van der Waals surface area contributed by atoms with Crippen LogP contribution in [0.2, 0.25) is 0 Å². The molecule has 0 aliphatic rings. The van der Waals surface area contributed by atoms with Gasteiger partial charge in [-0.1, -0.05) is 29.5 Å². The third kappa shape index (κ3) is 6.45. The summed E-state index contributed by atoms with van der Waals surface area (Å²) in [6.07, 6.45) is -0.217. The van der Waals surface area contributed by atoms with Gasteiger partial charge in [-0.05, 0) is 30.7 Å². The maximum atomic E-state index is 14.7. The van der Waals surface area contributed by atoms with Crippen molar-refractivity contribution in [2.24, 2.45) is 0 Å². The minimum Gasteiger partial charge on any atom is -0.497 e. The Labute approximate surface area is 224 Å². The summed E-state index contributed by atoms with van der Waals surface area (Å²) >= 11 is 0.920. The Kier molecular flexibility index (Phi) is 8.31. The number of hydrogen-bond acceptors (Lipinski definition) is 10. The number of anilines is 3. The summed E-state index contributed by atoms with van der Waals surface area (Å²) in [6, 6.07) is 7.22. The highest BCUT2D eigenvalue weighted by molar-refractivity contribution is 7.19. The van der Waals surface area contributed by atoms with Gasteiger partial charge in [0, 0.05) is 18.2 Å². The van der Waals surface area contributed by atoms with Crippen molar-refractivity contribution in [3.63, 3.8) is 0 Å². The van der Waals surface area contributed by atoms with Crippen LogP contribution in [0.1, 0.15) is 23.7 Å². The molecular weight excluding hydrogens is 536 g/mol. The van der Waals surface area contributed by atoms with Crippen LogP contribution in [0.3, 0.4) is 0 Å². The maximum absolute atomic E-state index is 14.7. The molecule has 0 saturated carbocycles. The number of carbonyl (C=O) groups excluding carboxylic acids is 2. The van der Waals surface area contributed by atoms with Crippen LogP contribution in [-0.2, 0) is 0 Å². The Morgan fingerprint density at radius 2 is 1.97 bits per heavy atom. The fourth-order valence-corrected chi connectivity index (χ4v) is 4.04. The Hall–Kier alpha value is -4.63. The van der Waals surface area contributed by atoms with Crippen LogP contribution in [0.4, 0.5) is 30.2 Å². The molecular formula is C24H23F2N7O5S. The van der Waals surface area contributed by atoms with Crippen molar-refractivity contribution in [3.8, 4) is 27.9 Å². The first-order valence-corrected chi connectivity index (χ1v) is 12.3. The van der Waals surface area contributed by atoms with Gasteiger partial charge in [0.15, 0.2) is 5.13 Å². The number of methoxy groups -OCH3 is 1. The largest absolute Gasteiger partial charge is 0.497 e. The number of benzene rings is 2. The second-order valence-electron chi connectivity index (χ2n) is 8.05. The van der Waals surface area contributed by atoms with Crippen molar-refractivity contribution in [1.82, 2.24) is 20.4 Å². The number of carbonyl (C=O) groups is 2. The lowest BCUT2D eigenvalue weighted by Gasteiger charge is -2.09. The molecule has 3 amide bonds. The molecule has 6 N–H and O–H groups in total. The normalized spacial score (nSPS) is 11.6. The molecule has 1 atom stereocenters. The molecule has 0 radical (unpaired) electrons. The van der Waals surface area contributed by atoms with Gasteiger partial charge in [-0.15, -0.1) is 0 Å². The molecule has 2 aromatic heterocycles. The van der Waals surface area contributed by atoms with Gasteiger partial charge in [-0.3, -0.25) is 10.1 Å². The van der Waals surface area contributed by atoms with Crippen LogP contribution in [0, 0.1) is 11.6 Å². The molecule has 2 heterocycles. The molecule has 204 valence electrons. The molecule has 12 nitrogen and oxygen atoms in total. The molecule has 0 fully saturated rings. The summed E-state index contributed by atoms with van der Waals surface area (Å²) in [6.45, 7) is 1.82. The first-order chi connectivity index (χ1) is 18.7. The van der Waals surface area contributed by atoms with E-state index < -0.39 is 29.7 Å². The van der Waals surface area contributed by atoms with Gasteiger partial charge < -0.3 is 30.7 Å². The van der Waals surface area contributed by atoms with Gasteiger partial charge in [0.1, 0.15) is 28.1 Å². The number of rotatable bonds is 9. The highest BCUT2D eigenvalue weighted by atomic mass is 32.1. The zero-order chi connectivity index (χ0) is 28.1. The minimum atomic E-state index is -1.01. The molecule has 4 rings (SSSR count).